The summed E-state index contributed by atoms with van der Waals surface area (Å²) in [5, 5.41) is 0. The lowest BCUT2D eigenvalue weighted by molar-refractivity contribution is -0.167. The molecule has 0 aliphatic rings. The molecule has 0 bridgehead atoms. The van der Waals surface area contributed by atoms with Gasteiger partial charge in [-0.2, -0.15) is 0 Å². The molecule has 6 nitrogen and oxygen atoms in total. The fourth-order valence-electron chi connectivity index (χ4n) is 10.0. The van der Waals surface area contributed by atoms with Gasteiger partial charge >= 0.3 is 17.9 Å². The highest BCUT2D eigenvalue weighted by Crippen LogP contribution is 2.17. The zero-order valence-corrected chi connectivity index (χ0v) is 52.2. The molecule has 0 N–H and O–H groups in total. The van der Waals surface area contributed by atoms with Crippen LogP contribution in [0.25, 0.3) is 0 Å². The number of esters is 3. The number of rotatable bonds is 63. The molecule has 0 saturated heterocycles. The van der Waals surface area contributed by atoms with Crippen LogP contribution in [0, 0.1) is 0 Å². The molecule has 0 spiro atoms. The Balaban J connectivity index is 4.28. The van der Waals surface area contributed by atoms with E-state index < -0.39 is 6.10 Å². The van der Waals surface area contributed by atoms with Crippen LogP contribution in [0.4, 0.5) is 0 Å². The molecule has 6 heteroatoms. The van der Waals surface area contributed by atoms with Crippen molar-refractivity contribution in [1.82, 2.24) is 0 Å². The molecule has 0 aliphatic carbocycles. The van der Waals surface area contributed by atoms with Crippen molar-refractivity contribution in [2.24, 2.45) is 0 Å². The van der Waals surface area contributed by atoms with E-state index in [1.807, 2.05) is 0 Å². The molecule has 0 aliphatic heterocycles. The predicted molar refractivity (Wildman–Crippen MR) is 339 cm³/mol. The third-order valence-corrected chi connectivity index (χ3v) is 15.2. The third kappa shape index (κ3) is 63.9. The van der Waals surface area contributed by atoms with Crippen molar-refractivity contribution in [2.45, 2.75) is 367 Å². The average molecular weight is 1090 g/mol. The van der Waals surface area contributed by atoms with Crippen LogP contribution in [0.2, 0.25) is 0 Å². The Hall–Kier alpha value is -2.89. The monoisotopic (exact) mass is 1090 g/mol. The van der Waals surface area contributed by atoms with Gasteiger partial charge in [-0.1, -0.05) is 293 Å². The fraction of sp³-hybridized carbons (Fsp3) is 0.819. The van der Waals surface area contributed by atoms with Crippen LogP contribution in [0.5, 0.6) is 0 Å². The van der Waals surface area contributed by atoms with Gasteiger partial charge < -0.3 is 14.2 Å². The molecule has 0 radical (unpaired) electrons. The fourth-order valence-corrected chi connectivity index (χ4v) is 10.0. The minimum Gasteiger partial charge on any atom is -0.462 e. The minimum absolute atomic E-state index is 0.0761. The lowest BCUT2D eigenvalue weighted by Gasteiger charge is -2.18. The van der Waals surface area contributed by atoms with E-state index in [0.29, 0.717) is 19.3 Å². The van der Waals surface area contributed by atoms with Gasteiger partial charge in [0.25, 0.3) is 0 Å². The summed E-state index contributed by atoms with van der Waals surface area (Å²) in [4.78, 5) is 38.4. The molecule has 0 amide bonds. The second-order valence-corrected chi connectivity index (χ2v) is 23.1. The molecule has 1 atom stereocenters. The van der Waals surface area contributed by atoms with Crippen LogP contribution in [-0.4, -0.2) is 37.2 Å². The maximum atomic E-state index is 12.9. The van der Waals surface area contributed by atoms with E-state index in [-0.39, 0.29) is 31.1 Å². The van der Waals surface area contributed by atoms with Crippen molar-refractivity contribution in [3.8, 4) is 0 Å². The zero-order valence-electron chi connectivity index (χ0n) is 52.2. The first kappa shape index (κ1) is 75.1. The van der Waals surface area contributed by atoms with Crippen molar-refractivity contribution >= 4 is 17.9 Å². The largest absolute Gasteiger partial charge is 0.462 e. The van der Waals surface area contributed by atoms with Crippen molar-refractivity contribution in [3.05, 3.63) is 60.8 Å². The number of hydrogen-bond acceptors (Lipinski definition) is 6. The molecule has 0 fully saturated rings. The molecule has 454 valence electrons. The summed E-state index contributed by atoms with van der Waals surface area (Å²) in [5.41, 5.74) is 0. The predicted octanol–water partition coefficient (Wildman–Crippen LogP) is 23.5. The van der Waals surface area contributed by atoms with Crippen LogP contribution >= 0.6 is 0 Å². The van der Waals surface area contributed by atoms with Crippen LogP contribution < -0.4 is 0 Å². The maximum Gasteiger partial charge on any atom is 0.306 e. The second kappa shape index (κ2) is 66.6. The Morgan fingerprint density at radius 3 is 0.731 bits per heavy atom. The van der Waals surface area contributed by atoms with Crippen LogP contribution in [-0.2, 0) is 28.6 Å². The van der Waals surface area contributed by atoms with Gasteiger partial charge in [-0.3, -0.25) is 14.4 Å². The van der Waals surface area contributed by atoms with E-state index in [0.717, 1.165) is 77.0 Å². The molecular formula is C72H130O6. The van der Waals surface area contributed by atoms with E-state index in [9.17, 15) is 14.4 Å². The Bertz CT molecular complexity index is 1390. The van der Waals surface area contributed by atoms with Crippen LogP contribution in [0.15, 0.2) is 60.8 Å². The topological polar surface area (TPSA) is 78.9 Å². The Morgan fingerprint density at radius 2 is 0.462 bits per heavy atom. The van der Waals surface area contributed by atoms with Gasteiger partial charge in [0.05, 0.1) is 0 Å². The highest BCUT2D eigenvalue weighted by molar-refractivity contribution is 5.71. The quantitative estimate of drug-likeness (QED) is 0.0261. The van der Waals surface area contributed by atoms with Gasteiger partial charge in [0.15, 0.2) is 6.10 Å². The standard InChI is InChI=1S/C72H130O6/c1-4-7-10-13-16-19-22-25-28-30-32-33-34-35-36-37-38-39-41-42-44-47-50-53-56-59-62-65-71(74)77-68-69(67-76-70(73)64-61-58-55-52-49-46-27-24-21-18-15-12-9-6-3)78-72(75)66-63-60-57-54-51-48-45-43-40-31-29-26-23-20-17-14-11-8-5-2/h22,24-27,29-30,32,34-35,69H,4-21,23,28,31,33,36-68H2,1-3H3/b25-22-,27-24-,29-26-,32-30-,35-34-. The number of allylic oxidation sites excluding steroid dienone is 10. The smallest absolute Gasteiger partial charge is 0.306 e. The summed E-state index contributed by atoms with van der Waals surface area (Å²) >= 11 is 0. The molecule has 0 heterocycles. The van der Waals surface area contributed by atoms with Gasteiger partial charge in [0.2, 0.25) is 0 Å². The molecule has 0 aromatic carbocycles. The molecular weight excluding hydrogens is 961 g/mol. The molecule has 0 rings (SSSR count). The first-order valence-electron chi connectivity index (χ1n) is 34.3. The zero-order chi connectivity index (χ0) is 56.4. The number of hydrogen-bond donors (Lipinski definition) is 0. The Morgan fingerprint density at radius 1 is 0.256 bits per heavy atom. The summed E-state index contributed by atoms with van der Waals surface area (Å²) in [5.74, 6) is -0.869. The van der Waals surface area contributed by atoms with Crippen molar-refractivity contribution in [1.29, 1.82) is 0 Å². The van der Waals surface area contributed by atoms with Gasteiger partial charge in [0.1, 0.15) is 13.2 Å². The third-order valence-electron chi connectivity index (χ3n) is 15.2. The molecule has 0 saturated carbocycles. The summed E-state index contributed by atoms with van der Waals surface area (Å²) in [6.45, 7) is 6.66. The summed E-state index contributed by atoms with van der Waals surface area (Å²) < 4.78 is 17.0. The highest BCUT2D eigenvalue weighted by Gasteiger charge is 2.19. The van der Waals surface area contributed by atoms with Crippen LogP contribution in [0.1, 0.15) is 361 Å². The van der Waals surface area contributed by atoms with Crippen LogP contribution in [0.3, 0.4) is 0 Å². The minimum atomic E-state index is -0.780. The van der Waals surface area contributed by atoms with Gasteiger partial charge in [-0.25, -0.2) is 0 Å². The Labute approximate surface area is 485 Å². The van der Waals surface area contributed by atoms with Crippen molar-refractivity contribution in [2.75, 3.05) is 13.2 Å². The van der Waals surface area contributed by atoms with E-state index in [4.69, 9.17) is 14.2 Å². The number of unbranched alkanes of at least 4 members (excludes halogenated alkanes) is 42. The molecule has 1 unspecified atom stereocenters. The van der Waals surface area contributed by atoms with Gasteiger partial charge in [-0.15, -0.1) is 0 Å². The van der Waals surface area contributed by atoms with E-state index >= 15 is 0 Å². The van der Waals surface area contributed by atoms with E-state index in [2.05, 4.69) is 81.5 Å². The van der Waals surface area contributed by atoms with Gasteiger partial charge in [-0.05, 0) is 109 Å². The first-order chi connectivity index (χ1) is 38.5. The Kier molecular flexibility index (Phi) is 64.2. The summed E-state index contributed by atoms with van der Waals surface area (Å²) in [6, 6.07) is 0. The number of carbonyl (C=O) groups is 3. The van der Waals surface area contributed by atoms with Crippen molar-refractivity contribution in [3.63, 3.8) is 0 Å². The van der Waals surface area contributed by atoms with E-state index in [1.165, 1.54) is 244 Å². The molecule has 0 aromatic rings. The normalized spacial score (nSPS) is 12.4. The average Bonchev–Trinajstić information content (AvgIpc) is 3.44. The number of ether oxygens (including phenoxy) is 3. The maximum absolute atomic E-state index is 12.9. The SMILES string of the molecule is CCCCCCC/C=C\C/C=C\C/C=C\CCCCCCCCCCCCCCC(=O)OCC(COC(=O)CCCCCCC/C=C\CCCCCCC)OC(=O)CCCCCCCCCCC/C=C\CCCCCCCC. The molecule has 78 heavy (non-hydrogen) atoms. The molecule has 0 aromatic heterocycles. The lowest BCUT2D eigenvalue weighted by Crippen LogP contribution is -2.30. The highest BCUT2D eigenvalue weighted by atomic mass is 16.6. The summed E-state index contributed by atoms with van der Waals surface area (Å²) in [7, 11) is 0. The second-order valence-electron chi connectivity index (χ2n) is 23.1. The lowest BCUT2D eigenvalue weighted by atomic mass is 10.0. The first-order valence-corrected chi connectivity index (χ1v) is 34.3. The number of carbonyl (C=O) groups excluding carboxylic acids is 3. The van der Waals surface area contributed by atoms with E-state index in [1.54, 1.807) is 0 Å². The van der Waals surface area contributed by atoms with Crippen molar-refractivity contribution < 1.29 is 28.6 Å². The van der Waals surface area contributed by atoms with Gasteiger partial charge in [0, 0.05) is 19.3 Å². The summed E-state index contributed by atoms with van der Waals surface area (Å²) in [6.07, 6.45) is 85.2.